The van der Waals surface area contributed by atoms with Gasteiger partial charge in [0.05, 0.1) is 11.3 Å². The summed E-state index contributed by atoms with van der Waals surface area (Å²) >= 11 is 7.09. The van der Waals surface area contributed by atoms with Crippen LogP contribution in [-0.4, -0.2) is 37.9 Å². The maximum atomic E-state index is 13.5. The molecule has 0 unspecified atom stereocenters. The first-order chi connectivity index (χ1) is 17.5. The highest BCUT2D eigenvalue weighted by Gasteiger charge is 2.35. The highest BCUT2D eigenvalue weighted by Crippen LogP contribution is 2.35. The van der Waals surface area contributed by atoms with Crippen LogP contribution in [0.4, 0.5) is 11.4 Å². The van der Waals surface area contributed by atoms with E-state index in [1.807, 2.05) is 0 Å². The lowest BCUT2D eigenvalue weighted by atomic mass is 10.1. The number of halogens is 1. The first kappa shape index (κ1) is 22.1. The molecular weight excluding hydrogens is 500 g/mol. The van der Waals surface area contributed by atoms with E-state index in [-0.39, 0.29) is 16.7 Å². The molecule has 6 rings (SSSR count). The largest absolute Gasteiger partial charge is 0.324 e. The van der Waals surface area contributed by atoms with Crippen LogP contribution < -0.4 is 20.3 Å². The van der Waals surface area contributed by atoms with Crippen molar-refractivity contribution in [2.45, 2.75) is 0 Å². The SMILES string of the molecule is O=C(CN1C(=O)C(=c2sc3nc(-c4ccncc4)nn3c2=O)c2ccccc21)Nc1cccc(Cl)c1. The number of nitrogens with zero attached hydrogens (tertiary/aromatic N) is 5. The van der Waals surface area contributed by atoms with E-state index < -0.39 is 17.4 Å². The minimum absolute atomic E-state index is 0.224. The van der Waals surface area contributed by atoms with Gasteiger partial charge in [0.2, 0.25) is 10.9 Å². The third-order valence-electron chi connectivity index (χ3n) is 5.66. The zero-order valence-corrected chi connectivity index (χ0v) is 20.0. The Morgan fingerprint density at radius 3 is 2.61 bits per heavy atom. The van der Waals surface area contributed by atoms with Gasteiger partial charge in [0.15, 0.2) is 5.82 Å². The van der Waals surface area contributed by atoms with E-state index in [0.29, 0.717) is 32.7 Å². The van der Waals surface area contributed by atoms with E-state index >= 15 is 0 Å². The number of thiazole rings is 1. The van der Waals surface area contributed by atoms with Gasteiger partial charge >= 0.3 is 0 Å². The van der Waals surface area contributed by atoms with E-state index in [1.54, 1.807) is 73.1 Å². The molecule has 0 atom stereocenters. The number of rotatable bonds is 4. The van der Waals surface area contributed by atoms with Crippen molar-refractivity contribution < 1.29 is 9.59 Å². The van der Waals surface area contributed by atoms with Gasteiger partial charge in [-0.25, -0.2) is 0 Å². The van der Waals surface area contributed by atoms with Crippen molar-refractivity contribution in [3.05, 3.63) is 98.5 Å². The molecule has 4 heterocycles. The third-order valence-corrected chi connectivity index (χ3v) is 6.92. The van der Waals surface area contributed by atoms with Gasteiger partial charge in [-0.15, -0.1) is 5.10 Å². The highest BCUT2D eigenvalue weighted by molar-refractivity contribution is 7.15. The number of benzene rings is 2. The number of nitrogens with one attached hydrogen (secondary N) is 1. The zero-order chi connectivity index (χ0) is 24.8. The lowest BCUT2D eigenvalue weighted by Gasteiger charge is -2.16. The average Bonchev–Trinajstić information content (AvgIpc) is 3.51. The molecule has 0 saturated carbocycles. The second-order valence-corrected chi connectivity index (χ2v) is 9.36. The van der Waals surface area contributed by atoms with Crippen molar-refractivity contribution >= 4 is 56.7 Å². The van der Waals surface area contributed by atoms with Gasteiger partial charge in [-0.1, -0.05) is 47.2 Å². The van der Waals surface area contributed by atoms with Crippen molar-refractivity contribution in [2.24, 2.45) is 0 Å². The summed E-state index contributed by atoms with van der Waals surface area (Å²) in [7, 11) is 0. The summed E-state index contributed by atoms with van der Waals surface area (Å²) in [6, 6.07) is 17.3. The molecular formula is C25H15ClN6O3S. The van der Waals surface area contributed by atoms with Crippen LogP contribution in [0.2, 0.25) is 5.02 Å². The van der Waals surface area contributed by atoms with Gasteiger partial charge in [-0.2, -0.15) is 9.50 Å². The molecule has 9 nitrogen and oxygen atoms in total. The van der Waals surface area contributed by atoms with E-state index in [4.69, 9.17) is 11.6 Å². The Morgan fingerprint density at radius 2 is 1.83 bits per heavy atom. The van der Waals surface area contributed by atoms with Crippen molar-refractivity contribution in [2.75, 3.05) is 16.8 Å². The second kappa shape index (κ2) is 8.67. The molecule has 176 valence electrons. The monoisotopic (exact) mass is 514 g/mol. The van der Waals surface area contributed by atoms with Crippen molar-refractivity contribution in [3.8, 4) is 11.4 Å². The Balaban J connectivity index is 1.39. The minimum Gasteiger partial charge on any atom is -0.324 e. The third kappa shape index (κ3) is 3.72. The average molecular weight is 515 g/mol. The molecule has 0 radical (unpaired) electrons. The number of fused-ring (bicyclic) bond motifs is 2. The lowest BCUT2D eigenvalue weighted by molar-refractivity contribution is -0.118. The van der Waals surface area contributed by atoms with Crippen molar-refractivity contribution in [1.82, 2.24) is 19.6 Å². The van der Waals surface area contributed by atoms with Crippen LogP contribution in [0.15, 0.2) is 77.9 Å². The van der Waals surface area contributed by atoms with Gasteiger partial charge < -0.3 is 5.32 Å². The number of hydrogen-bond acceptors (Lipinski definition) is 7. The standard InChI is InChI=1S/C25H15ClN6O3S/c26-15-4-3-5-16(12-15)28-19(33)13-31-18-7-2-1-6-17(18)20(23(31)34)21-24(35)32-25(36-21)29-22(30-32)14-8-10-27-11-9-14/h1-12H,13H2,(H,28,33). The van der Waals surface area contributed by atoms with Crippen LogP contribution in [-0.2, 0) is 9.59 Å². The Kier molecular flexibility index (Phi) is 5.32. The summed E-state index contributed by atoms with van der Waals surface area (Å²) in [6.07, 6.45) is 3.24. The van der Waals surface area contributed by atoms with Gasteiger partial charge in [0.1, 0.15) is 11.1 Å². The van der Waals surface area contributed by atoms with Crippen molar-refractivity contribution in [3.63, 3.8) is 0 Å². The first-order valence-electron chi connectivity index (χ1n) is 10.8. The smallest absolute Gasteiger partial charge is 0.291 e. The summed E-state index contributed by atoms with van der Waals surface area (Å²) in [6.45, 7) is -0.229. The number of para-hydroxylation sites is 1. The van der Waals surface area contributed by atoms with Gasteiger partial charge in [0, 0.05) is 34.2 Å². The number of carbonyl (C=O) groups excluding carboxylic acids is 2. The molecule has 0 saturated heterocycles. The van der Waals surface area contributed by atoms with E-state index in [9.17, 15) is 14.4 Å². The molecule has 0 fully saturated rings. The van der Waals surface area contributed by atoms with Crippen LogP contribution in [0.5, 0.6) is 0 Å². The first-order valence-corrected chi connectivity index (χ1v) is 12.0. The fourth-order valence-electron chi connectivity index (χ4n) is 4.08. The lowest BCUT2D eigenvalue weighted by Crippen LogP contribution is -2.37. The Morgan fingerprint density at radius 1 is 1.03 bits per heavy atom. The molecule has 1 aliphatic heterocycles. The predicted octanol–water partition coefficient (Wildman–Crippen LogP) is 2.77. The highest BCUT2D eigenvalue weighted by atomic mass is 35.5. The van der Waals surface area contributed by atoms with Crippen LogP contribution in [0.25, 0.3) is 21.9 Å². The number of pyridine rings is 1. The van der Waals surface area contributed by atoms with Gasteiger partial charge in [-0.05, 0) is 36.4 Å². The van der Waals surface area contributed by atoms with E-state index in [0.717, 1.165) is 16.9 Å². The van der Waals surface area contributed by atoms with Crippen LogP contribution in [0.3, 0.4) is 0 Å². The summed E-state index contributed by atoms with van der Waals surface area (Å²) in [5, 5.41) is 7.58. The summed E-state index contributed by atoms with van der Waals surface area (Å²) in [4.78, 5) is 49.8. The zero-order valence-electron chi connectivity index (χ0n) is 18.4. The van der Waals surface area contributed by atoms with Crippen LogP contribution >= 0.6 is 22.9 Å². The number of carbonyl (C=O) groups is 2. The molecule has 0 spiro atoms. The number of amides is 2. The topological polar surface area (TPSA) is 110 Å². The molecule has 2 aromatic carbocycles. The van der Waals surface area contributed by atoms with Crippen LogP contribution in [0.1, 0.15) is 5.56 Å². The Bertz CT molecular complexity index is 1780. The van der Waals surface area contributed by atoms with Gasteiger partial charge in [-0.3, -0.25) is 24.3 Å². The van der Waals surface area contributed by atoms with Crippen LogP contribution in [0, 0.1) is 0 Å². The quantitative estimate of drug-likeness (QED) is 0.395. The number of hydrogen-bond donors (Lipinski definition) is 1. The maximum absolute atomic E-state index is 13.5. The van der Waals surface area contributed by atoms with Gasteiger partial charge in [0.25, 0.3) is 11.5 Å². The summed E-state index contributed by atoms with van der Waals surface area (Å²) in [5.74, 6) is -0.433. The molecule has 1 aliphatic rings. The normalized spacial score (nSPS) is 14.4. The predicted molar refractivity (Wildman–Crippen MR) is 137 cm³/mol. The number of aromatic nitrogens is 4. The minimum atomic E-state index is -0.439. The summed E-state index contributed by atoms with van der Waals surface area (Å²) in [5.41, 5.74) is 2.17. The molecule has 11 heteroatoms. The molecule has 1 N–H and O–H groups in total. The molecule has 2 amide bonds. The fourth-order valence-corrected chi connectivity index (χ4v) is 5.26. The molecule has 0 aliphatic carbocycles. The summed E-state index contributed by atoms with van der Waals surface area (Å²) < 4.78 is 1.43. The van der Waals surface area contributed by atoms with Crippen molar-refractivity contribution in [1.29, 1.82) is 0 Å². The molecule has 36 heavy (non-hydrogen) atoms. The number of anilines is 2. The second-order valence-electron chi connectivity index (χ2n) is 7.94. The molecule has 5 aromatic rings. The van der Waals surface area contributed by atoms with E-state index in [1.165, 1.54) is 9.42 Å². The Hall–Kier alpha value is -4.41. The Labute approximate surface area is 212 Å². The molecule has 0 bridgehead atoms. The molecule has 3 aromatic heterocycles. The van der Waals surface area contributed by atoms with E-state index in [2.05, 4.69) is 20.4 Å². The maximum Gasteiger partial charge on any atom is 0.291 e. The fraction of sp³-hybridized carbons (Fsp3) is 0.0400.